The molecule has 0 aromatic carbocycles. The Labute approximate surface area is 65.5 Å². The van der Waals surface area contributed by atoms with Gasteiger partial charge in [0.15, 0.2) is 0 Å². The fourth-order valence-corrected chi connectivity index (χ4v) is 1.37. The highest BCUT2D eigenvalue weighted by molar-refractivity contribution is 5.86. The Hall–Kier alpha value is -0.860. The molecule has 1 fully saturated rings. The number of amides is 1. The van der Waals surface area contributed by atoms with Gasteiger partial charge in [-0.25, -0.2) is 4.39 Å². The number of halogens is 1. The maximum absolute atomic E-state index is 12.7. The van der Waals surface area contributed by atoms with Crippen LogP contribution >= 0.6 is 0 Å². The molecule has 0 aliphatic carbocycles. The van der Waals surface area contributed by atoms with E-state index in [0.717, 1.165) is 0 Å². The number of β-lactam (4-membered cyclic amide) rings is 1. The van der Waals surface area contributed by atoms with Crippen LogP contribution in [0.5, 0.6) is 0 Å². The van der Waals surface area contributed by atoms with Gasteiger partial charge in [-0.05, 0) is 13.3 Å². The summed E-state index contributed by atoms with van der Waals surface area (Å²) in [5.74, 6) is -0.625. The van der Waals surface area contributed by atoms with E-state index >= 15 is 0 Å². The molecule has 1 N–H and O–H groups in total. The maximum atomic E-state index is 12.7. The van der Waals surface area contributed by atoms with Crippen LogP contribution in [0.15, 0.2) is 12.7 Å². The van der Waals surface area contributed by atoms with Crippen molar-refractivity contribution >= 4 is 5.91 Å². The van der Waals surface area contributed by atoms with Gasteiger partial charge in [-0.15, -0.1) is 6.58 Å². The van der Waals surface area contributed by atoms with Crippen molar-refractivity contribution in [2.45, 2.75) is 25.6 Å². The lowest BCUT2D eigenvalue weighted by molar-refractivity contribution is -0.137. The SMILES string of the molecule is C=CCC1NC(=O)C1C(C)F. The van der Waals surface area contributed by atoms with E-state index < -0.39 is 12.1 Å². The second kappa shape index (κ2) is 3.03. The number of nitrogens with one attached hydrogen (secondary N) is 1. The zero-order valence-corrected chi connectivity index (χ0v) is 6.51. The van der Waals surface area contributed by atoms with Crippen LogP contribution in [0, 0.1) is 5.92 Å². The Balaban J connectivity index is 2.47. The third kappa shape index (κ3) is 1.42. The first-order chi connectivity index (χ1) is 5.16. The first-order valence-corrected chi connectivity index (χ1v) is 3.72. The van der Waals surface area contributed by atoms with Crippen molar-refractivity contribution in [1.29, 1.82) is 0 Å². The van der Waals surface area contributed by atoms with Crippen molar-refractivity contribution in [3.8, 4) is 0 Å². The van der Waals surface area contributed by atoms with Gasteiger partial charge in [-0.1, -0.05) is 6.08 Å². The van der Waals surface area contributed by atoms with Crippen LogP contribution in [0.4, 0.5) is 4.39 Å². The quantitative estimate of drug-likeness (QED) is 0.481. The van der Waals surface area contributed by atoms with Crippen molar-refractivity contribution in [2.75, 3.05) is 0 Å². The van der Waals surface area contributed by atoms with Crippen molar-refractivity contribution < 1.29 is 9.18 Å². The van der Waals surface area contributed by atoms with Crippen LogP contribution < -0.4 is 5.32 Å². The highest BCUT2D eigenvalue weighted by Gasteiger charge is 2.42. The van der Waals surface area contributed by atoms with E-state index in [1.54, 1.807) is 6.08 Å². The minimum Gasteiger partial charge on any atom is -0.352 e. The monoisotopic (exact) mass is 157 g/mol. The van der Waals surface area contributed by atoms with Gasteiger partial charge in [0.1, 0.15) is 6.17 Å². The zero-order valence-electron chi connectivity index (χ0n) is 6.51. The molecule has 0 bridgehead atoms. The van der Waals surface area contributed by atoms with E-state index in [0.29, 0.717) is 6.42 Å². The molecule has 3 unspecified atom stereocenters. The summed E-state index contributed by atoms with van der Waals surface area (Å²) >= 11 is 0. The molecule has 1 saturated heterocycles. The standard InChI is InChI=1S/C8H12FNO/c1-3-4-6-7(5(2)9)8(11)10-6/h3,5-7H,1,4H2,2H3,(H,10,11). The molecule has 1 aliphatic rings. The van der Waals surface area contributed by atoms with E-state index in [4.69, 9.17) is 0 Å². The third-order valence-corrected chi connectivity index (χ3v) is 1.98. The fraction of sp³-hybridized carbons (Fsp3) is 0.625. The number of hydrogen-bond acceptors (Lipinski definition) is 1. The summed E-state index contributed by atoms with van der Waals surface area (Å²) in [6.45, 7) is 4.94. The fourth-order valence-electron chi connectivity index (χ4n) is 1.37. The van der Waals surface area contributed by atoms with Crippen LogP contribution in [0.1, 0.15) is 13.3 Å². The van der Waals surface area contributed by atoms with Crippen LogP contribution in [0.25, 0.3) is 0 Å². The van der Waals surface area contributed by atoms with Crippen molar-refractivity contribution in [3.63, 3.8) is 0 Å². The molecular formula is C8H12FNO. The topological polar surface area (TPSA) is 29.1 Å². The highest BCUT2D eigenvalue weighted by atomic mass is 19.1. The molecule has 1 rings (SSSR count). The lowest BCUT2D eigenvalue weighted by atomic mass is 9.85. The molecule has 0 aromatic rings. The molecule has 0 aromatic heterocycles. The molecule has 1 amide bonds. The molecule has 62 valence electrons. The smallest absolute Gasteiger partial charge is 0.228 e. The minimum absolute atomic E-state index is 0.0278. The van der Waals surface area contributed by atoms with E-state index in [2.05, 4.69) is 11.9 Å². The Bertz CT molecular complexity index is 177. The maximum Gasteiger partial charge on any atom is 0.228 e. The second-order valence-electron chi connectivity index (χ2n) is 2.84. The number of carbonyl (C=O) groups is 1. The van der Waals surface area contributed by atoms with Gasteiger partial charge >= 0.3 is 0 Å². The summed E-state index contributed by atoms with van der Waals surface area (Å²) in [5.41, 5.74) is 0. The highest BCUT2D eigenvalue weighted by Crippen LogP contribution is 2.23. The summed E-state index contributed by atoms with van der Waals surface area (Å²) in [7, 11) is 0. The Kier molecular flexibility index (Phi) is 2.27. The predicted molar refractivity (Wildman–Crippen MR) is 40.8 cm³/mol. The number of alkyl halides is 1. The van der Waals surface area contributed by atoms with Gasteiger partial charge in [0, 0.05) is 6.04 Å². The average Bonchev–Trinajstić information content (AvgIpc) is 1.85. The molecule has 0 spiro atoms. The van der Waals surface area contributed by atoms with Crippen LogP contribution in [0.3, 0.4) is 0 Å². The molecule has 1 aliphatic heterocycles. The Morgan fingerprint density at radius 2 is 2.55 bits per heavy atom. The summed E-state index contributed by atoms with van der Waals surface area (Å²) in [6, 6.07) is -0.0278. The number of hydrogen-bond donors (Lipinski definition) is 1. The molecule has 0 radical (unpaired) electrons. The van der Waals surface area contributed by atoms with E-state index in [9.17, 15) is 9.18 Å². The van der Waals surface area contributed by atoms with E-state index in [1.165, 1.54) is 6.92 Å². The van der Waals surface area contributed by atoms with Gasteiger partial charge in [0.05, 0.1) is 5.92 Å². The van der Waals surface area contributed by atoms with Crippen molar-refractivity contribution in [2.24, 2.45) is 5.92 Å². The summed E-state index contributed by atoms with van der Waals surface area (Å²) in [4.78, 5) is 10.8. The lowest BCUT2D eigenvalue weighted by Crippen LogP contribution is -2.60. The van der Waals surface area contributed by atoms with Crippen LogP contribution in [-0.2, 0) is 4.79 Å². The summed E-state index contributed by atoms with van der Waals surface area (Å²) in [6.07, 6.45) is 1.30. The van der Waals surface area contributed by atoms with Gasteiger partial charge in [-0.3, -0.25) is 4.79 Å². The molecule has 3 atom stereocenters. The Morgan fingerprint density at radius 3 is 2.91 bits per heavy atom. The van der Waals surface area contributed by atoms with Gasteiger partial charge in [-0.2, -0.15) is 0 Å². The molecule has 11 heavy (non-hydrogen) atoms. The van der Waals surface area contributed by atoms with Crippen LogP contribution in [0.2, 0.25) is 0 Å². The zero-order chi connectivity index (χ0) is 8.43. The molecule has 3 heteroatoms. The average molecular weight is 157 g/mol. The molecule has 2 nitrogen and oxygen atoms in total. The van der Waals surface area contributed by atoms with Crippen LogP contribution in [-0.4, -0.2) is 18.1 Å². The van der Waals surface area contributed by atoms with E-state index in [1.807, 2.05) is 0 Å². The number of carbonyl (C=O) groups excluding carboxylic acids is 1. The molecule has 0 saturated carbocycles. The van der Waals surface area contributed by atoms with Gasteiger partial charge in [0.25, 0.3) is 0 Å². The predicted octanol–water partition coefficient (Wildman–Crippen LogP) is 1.04. The number of rotatable bonds is 3. The van der Waals surface area contributed by atoms with Crippen molar-refractivity contribution in [1.82, 2.24) is 5.32 Å². The first-order valence-electron chi connectivity index (χ1n) is 3.72. The van der Waals surface area contributed by atoms with E-state index in [-0.39, 0.29) is 11.9 Å². The van der Waals surface area contributed by atoms with Crippen molar-refractivity contribution in [3.05, 3.63) is 12.7 Å². The largest absolute Gasteiger partial charge is 0.352 e. The summed E-state index contributed by atoms with van der Waals surface area (Å²) in [5, 5.41) is 2.62. The molecule has 1 heterocycles. The third-order valence-electron chi connectivity index (χ3n) is 1.98. The first kappa shape index (κ1) is 8.24. The summed E-state index contributed by atoms with van der Waals surface area (Å²) < 4.78 is 12.7. The molecular weight excluding hydrogens is 145 g/mol. The second-order valence-corrected chi connectivity index (χ2v) is 2.84. The lowest BCUT2D eigenvalue weighted by Gasteiger charge is -2.37. The minimum atomic E-state index is -1.05. The normalized spacial score (nSPS) is 32.0. The van der Waals surface area contributed by atoms with Gasteiger partial charge < -0.3 is 5.32 Å². The Morgan fingerprint density at radius 1 is 1.91 bits per heavy atom. The van der Waals surface area contributed by atoms with Gasteiger partial charge in [0.2, 0.25) is 5.91 Å².